The number of aromatic nitrogens is 3. The smallest absolute Gasteiger partial charge is 0.470 e. The van der Waals surface area contributed by atoms with E-state index >= 15 is 0 Å². The molecule has 0 amide bonds. The highest BCUT2D eigenvalue weighted by Gasteiger charge is 2.31. The van der Waals surface area contributed by atoms with Crippen molar-refractivity contribution in [3.05, 3.63) is 58.4 Å². The van der Waals surface area contributed by atoms with Gasteiger partial charge in [-0.05, 0) is 35.3 Å². The summed E-state index contributed by atoms with van der Waals surface area (Å²) in [6.07, 6.45) is 4.75. The van der Waals surface area contributed by atoms with Crippen molar-refractivity contribution in [2.45, 2.75) is 25.3 Å². The van der Waals surface area contributed by atoms with Crippen molar-refractivity contribution >= 4 is 18.5 Å². The Balaban J connectivity index is 1.50. The molecule has 0 radical (unpaired) electrons. The fourth-order valence-electron chi connectivity index (χ4n) is 3.14. The van der Waals surface area contributed by atoms with Gasteiger partial charge in [-0.2, -0.15) is 5.10 Å². The highest BCUT2D eigenvalue weighted by Crippen LogP contribution is 2.28. The van der Waals surface area contributed by atoms with Crippen LogP contribution in [0.15, 0.2) is 46.2 Å². The number of aliphatic imine (C=N–C) groups is 1. The van der Waals surface area contributed by atoms with Crippen LogP contribution in [-0.4, -0.2) is 34.7 Å². The zero-order valence-electron chi connectivity index (χ0n) is 15.8. The molecule has 10 heteroatoms. The monoisotopic (exact) mass is 418 g/mol. The predicted molar refractivity (Wildman–Crippen MR) is 102 cm³/mol. The van der Waals surface area contributed by atoms with Gasteiger partial charge in [-0.25, -0.2) is 4.68 Å². The average Bonchev–Trinajstić information content (AvgIpc) is 3.32. The fraction of sp³-hybridized carbons (Fsp3) is 0.250. The van der Waals surface area contributed by atoms with E-state index in [1.54, 1.807) is 42.6 Å². The Kier molecular flexibility index (Phi) is 5.30. The molecular formula is C20H17F3N4O3. The molecule has 156 valence electrons. The van der Waals surface area contributed by atoms with E-state index in [0.29, 0.717) is 22.9 Å². The molecule has 1 aliphatic rings. The number of alkyl halides is 3. The summed E-state index contributed by atoms with van der Waals surface area (Å²) in [4.78, 5) is 3.88. The fourth-order valence-corrected chi connectivity index (χ4v) is 3.14. The number of fused-ring (bicyclic) bond motifs is 1. The molecule has 7 nitrogen and oxygen atoms in total. The van der Waals surface area contributed by atoms with Crippen LogP contribution in [0.5, 0.6) is 11.6 Å². The molecule has 0 aliphatic heterocycles. The van der Waals surface area contributed by atoms with Crippen LogP contribution in [0, 0.1) is 0 Å². The van der Waals surface area contributed by atoms with Crippen molar-refractivity contribution in [1.29, 1.82) is 0 Å². The molecular weight excluding hydrogens is 401 g/mol. The van der Waals surface area contributed by atoms with Gasteiger partial charge in [0.25, 0.3) is 5.88 Å². The lowest BCUT2D eigenvalue weighted by Crippen LogP contribution is -2.26. The van der Waals surface area contributed by atoms with Crippen molar-refractivity contribution in [3.63, 3.8) is 0 Å². The first-order chi connectivity index (χ1) is 14.4. The van der Waals surface area contributed by atoms with Gasteiger partial charge in [-0.3, -0.25) is 4.99 Å². The van der Waals surface area contributed by atoms with Crippen LogP contribution in [-0.2, 0) is 6.61 Å². The van der Waals surface area contributed by atoms with Crippen LogP contribution in [0.1, 0.15) is 23.5 Å². The number of ether oxygens (including phenoxy) is 2. The highest BCUT2D eigenvalue weighted by molar-refractivity contribution is 5.56. The molecule has 0 N–H and O–H groups in total. The predicted octanol–water partition coefficient (Wildman–Crippen LogP) is 2.60. The number of hydrogen-bond donors (Lipinski definition) is 0. The average molecular weight is 418 g/mol. The van der Waals surface area contributed by atoms with E-state index < -0.39 is 6.36 Å². The summed E-state index contributed by atoms with van der Waals surface area (Å²) in [5.74, 6) is 0.0389. The molecule has 0 fully saturated rings. The molecule has 0 saturated carbocycles. The van der Waals surface area contributed by atoms with Crippen molar-refractivity contribution in [2.75, 3.05) is 7.05 Å². The Bertz CT molecular complexity index is 1160. The maximum absolute atomic E-state index is 12.3. The van der Waals surface area contributed by atoms with Gasteiger partial charge in [-0.15, -0.1) is 13.2 Å². The van der Waals surface area contributed by atoms with Crippen molar-refractivity contribution in [2.24, 2.45) is 4.99 Å². The second-order valence-electron chi connectivity index (χ2n) is 6.59. The molecule has 0 saturated heterocycles. The van der Waals surface area contributed by atoms with Gasteiger partial charge >= 0.3 is 6.36 Å². The third kappa shape index (κ3) is 4.53. The number of nitrogens with zero attached hydrogens (tertiary/aromatic N) is 4. The summed E-state index contributed by atoms with van der Waals surface area (Å²) in [6.45, 7) is 0.249. The maximum atomic E-state index is 12.3. The van der Waals surface area contributed by atoms with E-state index in [1.165, 1.54) is 12.1 Å². The summed E-state index contributed by atoms with van der Waals surface area (Å²) < 4.78 is 53.6. The summed E-state index contributed by atoms with van der Waals surface area (Å²) in [7, 11) is 1.65. The third-order valence-corrected chi connectivity index (χ3v) is 4.45. The largest absolute Gasteiger partial charge is 0.573 e. The Labute approximate surface area is 168 Å². The maximum Gasteiger partial charge on any atom is 0.573 e. The van der Waals surface area contributed by atoms with Gasteiger partial charge in [0.2, 0.25) is 0 Å². The van der Waals surface area contributed by atoms with Crippen LogP contribution < -0.4 is 20.1 Å². The van der Waals surface area contributed by atoms with E-state index in [9.17, 15) is 13.2 Å². The Morgan fingerprint density at radius 1 is 1.30 bits per heavy atom. The van der Waals surface area contributed by atoms with Gasteiger partial charge in [0.05, 0.1) is 11.4 Å². The number of halogens is 3. The standard InChI is InChI=1S/C20H17F3N4O3/c1-24-12-27-10-13(9-25-27)11-28-19-17-8-15(4-7-18(17)30-26-19)14-2-5-16(6-3-14)29-20(21,22)23/h2-3,5-10,12,15H,4,11H2,1H3. The zero-order valence-corrected chi connectivity index (χ0v) is 15.8. The molecule has 1 atom stereocenters. The number of benzene rings is 1. The Hall–Kier alpha value is -3.56. The third-order valence-electron chi connectivity index (χ3n) is 4.45. The molecule has 2 aromatic heterocycles. The van der Waals surface area contributed by atoms with Crippen molar-refractivity contribution in [1.82, 2.24) is 14.9 Å². The van der Waals surface area contributed by atoms with Crippen LogP contribution in [0.3, 0.4) is 0 Å². The highest BCUT2D eigenvalue weighted by atomic mass is 19.4. The first-order valence-electron chi connectivity index (χ1n) is 9.03. The normalized spacial score (nSPS) is 16.1. The van der Waals surface area contributed by atoms with Gasteiger partial charge in [0, 0.05) is 24.7 Å². The Morgan fingerprint density at radius 2 is 2.10 bits per heavy atom. The van der Waals surface area contributed by atoms with Gasteiger partial charge in [0.1, 0.15) is 18.7 Å². The SMILES string of the molecule is CN=Cn1cc(COc2noc3c2=CC(c2ccc(OC(F)(F)F)cc2)CC=3)cn1. The molecule has 30 heavy (non-hydrogen) atoms. The minimum Gasteiger partial charge on any atom is -0.470 e. The zero-order chi connectivity index (χ0) is 21.1. The van der Waals surface area contributed by atoms with E-state index in [4.69, 9.17) is 9.26 Å². The van der Waals surface area contributed by atoms with Gasteiger partial charge < -0.3 is 14.0 Å². The molecule has 3 aromatic rings. The van der Waals surface area contributed by atoms with E-state index in [-0.39, 0.29) is 18.3 Å². The number of rotatable bonds is 6. The summed E-state index contributed by atoms with van der Waals surface area (Å²) in [5, 5.41) is 8.82. The molecule has 4 rings (SSSR count). The van der Waals surface area contributed by atoms with Crippen LogP contribution in [0.4, 0.5) is 13.2 Å². The van der Waals surface area contributed by atoms with Crippen molar-refractivity contribution in [3.8, 4) is 11.6 Å². The van der Waals surface area contributed by atoms with Crippen LogP contribution >= 0.6 is 0 Å². The van der Waals surface area contributed by atoms with Gasteiger partial charge in [0.15, 0.2) is 5.42 Å². The Morgan fingerprint density at radius 3 is 2.83 bits per heavy atom. The minimum absolute atomic E-state index is 0.0531. The van der Waals surface area contributed by atoms with E-state index in [2.05, 4.69) is 20.0 Å². The minimum atomic E-state index is -4.71. The molecule has 1 aromatic carbocycles. The summed E-state index contributed by atoms with van der Waals surface area (Å²) >= 11 is 0. The molecule has 1 aliphatic carbocycles. The van der Waals surface area contributed by atoms with E-state index in [1.807, 2.05) is 12.2 Å². The summed E-state index contributed by atoms with van der Waals surface area (Å²) in [5.41, 5.74) is 2.29. The molecule has 0 bridgehead atoms. The molecule has 1 unspecified atom stereocenters. The van der Waals surface area contributed by atoms with Crippen molar-refractivity contribution < 1.29 is 27.2 Å². The lowest BCUT2D eigenvalue weighted by molar-refractivity contribution is -0.274. The molecule has 0 spiro atoms. The quantitative estimate of drug-likeness (QED) is 0.455. The lowest BCUT2D eigenvalue weighted by Gasteiger charge is -2.14. The lowest BCUT2D eigenvalue weighted by atomic mass is 9.92. The number of hydrogen-bond acceptors (Lipinski definition) is 6. The van der Waals surface area contributed by atoms with Crippen LogP contribution in [0.2, 0.25) is 0 Å². The van der Waals surface area contributed by atoms with Crippen LogP contribution in [0.25, 0.3) is 12.2 Å². The summed E-state index contributed by atoms with van der Waals surface area (Å²) in [6, 6.07) is 5.82. The van der Waals surface area contributed by atoms with E-state index in [0.717, 1.165) is 11.1 Å². The second-order valence-corrected chi connectivity index (χ2v) is 6.59. The topological polar surface area (TPSA) is 74.7 Å². The van der Waals surface area contributed by atoms with Gasteiger partial charge in [-0.1, -0.05) is 18.2 Å². The first kappa shape index (κ1) is 19.7. The second kappa shape index (κ2) is 8.05. The first-order valence-corrected chi connectivity index (χ1v) is 9.03. The molecule has 2 heterocycles.